The number of nitro benzene ring substituents is 1. The quantitative estimate of drug-likeness (QED) is 0.684. The lowest BCUT2D eigenvalue weighted by atomic mass is 10.2. The van der Waals surface area contributed by atoms with E-state index >= 15 is 0 Å². The number of aromatic nitrogens is 1. The molecule has 2 rings (SSSR count). The third kappa shape index (κ3) is 3.30. The number of para-hydroxylation sites is 1. The summed E-state index contributed by atoms with van der Waals surface area (Å²) in [4.78, 5) is 16.2. The lowest BCUT2D eigenvalue weighted by Crippen LogP contribution is -2.06. The van der Waals surface area contributed by atoms with Crippen molar-refractivity contribution in [3.63, 3.8) is 0 Å². The summed E-state index contributed by atoms with van der Waals surface area (Å²) in [7, 11) is 0. The van der Waals surface area contributed by atoms with Crippen LogP contribution >= 0.6 is 11.8 Å². The lowest BCUT2D eigenvalue weighted by Gasteiger charge is -2.06. The summed E-state index contributed by atoms with van der Waals surface area (Å²) in [5, 5.41) is 10.9. The van der Waals surface area contributed by atoms with Gasteiger partial charge in [-0.15, -0.1) is 0 Å². The van der Waals surface area contributed by atoms with Crippen molar-refractivity contribution >= 4 is 17.4 Å². The molecule has 0 spiro atoms. The Hall–Kier alpha value is -1.92. The minimum atomic E-state index is -0.383. The van der Waals surface area contributed by atoms with Gasteiger partial charge in [0.05, 0.1) is 15.5 Å². The maximum Gasteiger partial charge on any atom is 0.283 e. The summed E-state index contributed by atoms with van der Waals surface area (Å²) in [6, 6.07) is 10.2. The molecule has 0 radical (unpaired) electrons. The standard InChI is InChI=1S/C13H13N3O2S/c1-9(14)11-7-6-10(8-15-11)19-13-5-3-2-4-12(13)16(17)18/h2-9H,14H2,1H3/t9-/m0/s1. The van der Waals surface area contributed by atoms with Gasteiger partial charge in [-0.05, 0) is 25.1 Å². The SMILES string of the molecule is C[C@H](N)c1ccc(Sc2ccccc2[N+](=O)[O-])cn1. The highest BCUT2D eigenvalue weighted by molar-refractivity contribution is 7.99. The first-order valence-electron chi connectivity index (χ1n) is 5.70. The van der Waals surface area contributed by atoms with Gasteiger partial charge in [-0.2, -0.15) is 0 Å². The van der Waals surface area contributed by atoms with Gasteiger partial charge in [0, 0.05) is 23.2 Å². The van der Waals surface area contributed by atoms with Crippen molar-refractivity contribution in [2.75, 3.05) is 0 Å². The summed E-state index contributed by atoms with van der Waals surface area (Å²) in [5.74, 6) is 0. The van der Waals surface area contributed by atoms with E-state index in [1.807, 2.05) is 19.1 Å². The number of nitro groups is 1. The highest BCUT2D eigenvalue weighted by Crippen LogP contribution is 2.34. The fraction of sp³-hybridized carbons (Fsp3) is 0.154. The van der Waals surface area contributed by atoms with E-state index in [-0.39, 0.29) is 16.7 Å². The van der Waals surface area contributed by atoms with Crippen LogP contribution in [0.1, 0.15) is 18.7 Å². The maximum atomic E-state index is 10.9. The van der Waals surface area contributed by atoms with Crippen molar-refractivity contribution < 1.29 is 4.92 Å². The number of benzene rings is 1. The molecule has 0 unspecified atom stereocenters. The normalized spacial score (nSPS) is 12.1. The largest absolute Gasteiger partial charge is 0.323 e. The zero-order chi connectivity index (χ0) is 13.8. The second kappa shape index (κ2) is 5.81. The monoisotopic (exact) mass is 275 g/mol. The molecule has 5 nitrogen and oxygen atoms in total. The van der Waals surface area contributed by atoms with Crippen LogP contribution in [0, 0.1) is 10.1 Å². The van der Waals surface area contributed by atoms with E-state index in [2.05, 4.69) is 4.98 Å². The van der Waals surface area contributed by atoms with Gasteiger partial charge in [-0.1, -0.05) is 23.9 Å². The Labute approximate surface area is 115 Å². The average molecular weight is 275 g/mol. The topological polar surface area (TPSA) is 82.0 Å². The van der Waals surface area contributed by atoms with Crippen molar-refractivity contribution in [2.45, 2.75) is 22.8 Å². The van der Waals surface area contributed by atoms with Crippen LogP contribution in [-0.2, 0) is 0 Å². The Bertz CT molecular complexity index is 585. The van der Waals surface area contributed by atoms with Gasteiger partial charge in [0.1, 0.15) is 0 Å². The van der Waals surface area contributed by atoms with Crippen molar-refractivity contribution in [1.82, 2.24) is 4.98 Å². The van der Waals surface area contributed by atoms with Crippen LogP contribution in [0.25, 0.3) is 0 Å². The molecule has 0 bridgehead atoms. The molecule has 2 aromatic rings. The number of nitrogens with two attached hydrogens (primary N) is 1. The Morgan fingerprint density at radius 2 is 2.05 bits per heavy atom. The van der Waals surface area contributed by atoms with E-state index in [1.165, 1.54) is 17.8 Å². The van der Waals surface area contributed by atoms with Crippen LogP contribution in [0.5, 0.6) is 0 Å². The summed E-state index contributed by atoms with van der Waals surface area (Å²) in [6.07, 6.45) is 1.68. The van der Waals surface area contributed by atoms with E-state index in [0.717, 1.165) is 10.6 Å². The van der Waals surface area contributed by atoms with E-state index in [4.69, 9.17) is 5.73 Å². The lowest BCUT2D eigenvalue weighted by molar-refractivity contribution is -0.387. The minimum absolute atomic E-state index is 0.101. The highest BCUT2D eigenvalue weighted by Gasteiger charge is 2.13. The molecule has 1 heterocycles. The molecule has 0 fully saturated rings. The fourth-order valence-corrected chi connectivity index (χ4v) is 2.43. The molecule has 0 aliphatic heterocycles. The molecule has 98 valence electrons. The van der Waals surface area contributed by atoms with E-state index in [0.29, 0.717) is 4.90 Å². The predicted octanol–water partition coefficient (Wildman–Crippen LogP) is 3.16. The molecule has 6 heteroatoms. The van der Waals surface area contributed by atoms with Gasteiger partial charge >= 0.3 is 0 Å². The smallest absolute Gasteiger partial charge is 0.283 e. The number of pyridine rings is 1. The van der Waals surface area contributed by atoms with Crippen molar-refractivity contribution in [2.24, 2.45) is 5.73 Å². The molecule has 0 aliphatic carbocycles. The summed E-state index contributed by atoms with van der Waals surface area (Å²) in [6.45, 7) is 1.86. The molecule has 0 saturated carbocycles. The molecular weight excluding hydrogens is 262 g/mol. The number of nitrogens with zero attached hydrogens (tertiary/aromatic N) is 2. The zero-order valence-electron chi connectivity index (χ0n) is 10.3. The Morgan fingerprint density at radius 1 is 1.32 bits per heavy atom. The molecule has 2 N–H and O–H groups in total. The molecule has 0 amide bonds. The Morgan fingerprint density at radius 3 is 2.63 bits per heavy atom. The van der Waals surface area contributed by atoms with Gasteiger partial charge in [-0.3, -0.25) is 15.1 Å². The van der Waals surface area contributed by atoms with Gasteiger partial charge in [0.25, 0.3) is 5.69 Å². The number of rotatable bonds is 4. The Kier molecular flexibility index (Phi) is 4.13. The van der Waals surface area contributed by atoms with Gasteiger partial charge in [0.2, 0.25) is 0 Å². The molecule has 0 aliphatic rings. The van der Waals surface area contributed by atoms with Crippen LogP contribution in [0.15, 0.2) is 52.4 Å². The fourth-order valence-electron chi connectivity index (χ4n) is 1.54. The molecular formula is C13H13N3O2S. The van der Waals surface area contributed by atoms with Gasteiger partial charge in [0.15, 0.2) is 0 Å². The van der Waals surface area contributed by atoms with E-state index in [1.54, 1.807) is 24.4 Å². The van der Waals surface area contributed by atoms with Gasteiger partial charge < -0.3 is 5.73 Å². The van der Waals surface area contributed by atoms with Crippen LogP contribution in [0.4, 0.5) is 5.69 Å². The zero-order valence-corrected chi connectivity index (χ0v) is 11.1. The minimum Gasteiger partial charge on any atom is -0.323 e. The van der Waals surface area contributed by atoms with Crippen LogP contribution in [0.2, 0.25) is 0 Å². The molecule has 1 aromatic heterocycles. The Balaban J connectivity index is 2.24. The predicted molar refractivity (Wildman–Crippen MR) is 74.1 cm³/mol. The number of hydrogen-bond donors (Lipinski definition) is 1. The number of hydrogen-bond acceptors (Lipinski definition) is 5. The maximum absolute atomic E-state index is 10.9. The summed E-state index contributed by atoms with van der Waals surface area (Å²) < 4.78 is 0. The first-order valence-corrected chi connectivity index (χ1v) is 6.52. The molecule has 1 aromatic carbocycles. The third-order valence-electron chi connectivity index (χ3n) is 2.52. The summed E-state index contributed by atoms with van der Waals surface area (Å²) in [5.41, 5.74) is 6.62. The molecule has 19 heavy (non-hydrogen) atoms. The first kappa shape index (κ1) is 13.5. The third-order valence-corrected chi connectivity index (χ3v) is 3.56. The molecule has 1 atom stereocenters. The highest BCUT2D eigenvalue weighted by atomic mass is 32.2. The van der Waals surface area contributed by atoms with Crippen LogP contribution < -0.4 is 5.73 Å². The van der Waals surface area contributed by atoms with Crippen molar-refractivity contribution in [3.8, 4) is 0 Å². The van der Waals surface area contributed by atoms with Crippen LogP contribution in [0.3, 0.4) is 0 Å². The second-order valence-electron chi connectivity index (χ2n) is 4.03. The van der Waals surface area contributed by atoms with Crippen LogP contribution in [-0.4, -0.2) is 9.91 Å². The van der Waals surface area contributed by atoms with E-state index in [9.17, 15) is 10.1 Å². The summed E-state index contributed by atoms with van der Waals surface area (Å²) >= 11 is 1.32. The molecule has 0 saturated heterocycles. The second-order valence-corrected chi connectivity index (χ2v) is 5.15. The van der Waals surface area contributed by atoms with Crippen molar-refractivity contribution in [1.29, 1.82) is 0 Å². The van der Waals surface area contributed by atoms with Gasteiger partial charge in [-0.25, -0.2) is 0 Å². The van der Waals surface area contributed by atoms with Crippen molar-refractivity contribution in [3.05, 3.63) is 58.4 Å². The van der Waals surface area contributed by atoms with E-state index < -0.39 is 0 Å². The average Bonchev–Trinajstić information content (AvgIpc) is 2.39. The first-order chi connectivity index (χ1) is 9.08.